The van der Waals surface area contributed by atoms with Gasteiger partial charge in [-0.25, -0.2) is 4.79 Å². The second-order valence-corrected chi connectivity index (χ2v) is 9.69. The van der Waals surface area contributed by atoms with Crippen molar-refractivity contribution in [2.45, 2.75) is 52.6 Å². The average Bonchev–Trinajstić information content (AvgIpc) is 3.11. The van der Waals surface area contributed by atoms with Crippen LogP contribution in [0.4, 0.5) is 0 Å². The van der Waals surface area contributed by atoms with Crippen LogP contribution in [-0.4, -0.2) is 51.4 Å². The number of para-hydroxylation sites is 1. The third-order valence-electron chi connectivity index (χ3n) is 7.39. The Labute approximate surface area is 182 Å². The lowest BCUT2D eigenvalue weighted by atomic mass is 9.94. The molecule has 2 aliphatic rings. The van der Waals surface area contributed by atoms with Crippen molar-refractivity contribution in [2.24, 2.45) is 23.2 Å². The highest BCUT2D eigenvalue weighted by atomic mass is 16.4. The van der Waals surface area contributed by atoms with E-state index in [0.29, 0.717) is 18.7 Å². The van der Waals surface area contributed by atoms with Gasteiger partial charge in [-0.1, -0.05) is 52.3 Å². The number of aromatic nitrogens is 1. The van der Waals surface area contributed by atoms with E-state index >= 15 is 0 Å². The molecule has 31 heavy (non-hydrogen) atoms. The topological polar surface area (TPSA) is 102 Å². The zero-order valence-corrected chi connectivity index (χ0v) is 18.5. The van der Waals surface area contributed by atoms with Crippen LogP contribution in [0.25, 0.3) is 10.9 Å². The number of benzene rings is 1. The average molecular weight is 426 g/mol. The summed E-state index contributed by atoms with van der Waals surface area (Å²) in [6.07, 6.45) is 1.36. The van der Waals surface area contributed by atoms with Crippen LogP contribution in [-0.2, 0) is 9.59 Å². The largest absolute Gasteiger partial charge is 0.480 e. The Kier molecular flexibility index (Phi) is 5.31. The second kappa shape index (κ2) is 7.70. The lowest BCUT2D eigenvalue weighted by Gasteiger charge is -2.32. The maximum atomic E-state index is 13.4. The molecule has 1 saturated carbocycles. The standard InChI is InChI=1S/C24H31N3O4/c1-5-24(4)15-12-27(20(19(15)24)23(30)31)22(29)18(10-13(2)3)26-21(28)17-11-14-8-6-7-9-16(14)25-17/h6-9,11,13,15,18-20,25H,5,10,12H2,1-4H3,(H,26,28)(H,30,31)/t15-,18-,19?,20-,24?/m0/s1. The van der Waals surface area contributed by atoms with Crippen molar-refractivity contribution in [3.05, 3.63) is 36.0 Å². The number of likely N-dealkylation sites (tertiary alicyclic amines) is 1. The molecule has 0 bridgehead atoms. The molecule has 5 atom stereocenters. The van der Waals surface area contributed by atoms with Gasteiger partial charge in [0, 0.05) is 23.4 Å². The van der Waals surface area contributed by atoms with Gasteiger partial charge in [0.15, 0.2) is 0 Å². The van der Waals surface area contributed by atoms with Gasteiger partial charge in [0.2, 0.25) is 5.91 Å². The summed E-state index contributed by atoms with van der Waals surface area (Å²) >= 11 is 0. The summed E-state index contributed by atoms with van der Waals surface area (Å²) in [5.41, 5.74) is 1.23. The molecule has 2 aromatic rings. The SMILES string of the molecule is CCC1(C)C2[C@@H](C(=O)O)N(C(=O)[C@H](CC(C)C)NC(=O)c3cc4ccccc4[nH]3)C[C@@H]21. The molecule has 2 unspecified atom stereocenters. The fourth-order valence-corrected chi connectivity index (χ4v) is 5.46. The molecule has 1 saturated heterocycles. The molecular weight excluding hydrogens is 394 g/mol. The van der Waals surface area contributed by atoms with E-state index in [0.717, 1.165) is 17.3 Å². The number of nitrogens with zero attached hydrogens (tertiary/aromatic N) is 1. The molecule has 2 amide bonds. The van der Waals surface area contributed by atoms with Gasteiger partial charge in [-0.3, -0.25) is 9.59 Å². The first-order valence-electron chi connectivity index (χ1n) is 11.1. The van der Waals surface area contributed by atoms with Gasteiger partial charge in [0.25, 0.3) is 5.91 Å². The van der Waals surface area contributed by atoms with Crippen molar-refractivity contribution in [2.75, 3.05) is 6.54 Å². The molecule has 1 aliphatic carbocycles. The van der Waals surface area contributed by atoms with E-state index in [4.69, 9.17) is 0 Å². The van der Waals surface area contributed by atoms with Crippen LogP contribution in [0.3, 0.4) is 0 Å². The predicted molar refractivity (Wildman–Crippen MR) is 118 cm³/mol. The van der Waals surface area contributed by atoms with Crippen molar-refractivity contribution in [3.8, 4) is 0 Å². The first-order chi connectivity index (χ1) is 14.7. The number of carbonyl (C=O) groups is 3. The summed E-state index contributed by atoms with van der Waals surface area (Å²) in [6.45, 7) is 8.61. The van der Waals surface area contributed by atoms with Crippen LogP contribution in [0, 0.1) is 23.2 Å². The van der Waals surface area contributed by atoms with Crippen LogP contribution in [0.5, 0.6) is 0 Å². The second-order valence-electron chi connectivity index (χ2n) is 9.69. The number of carboxylic acid groups (broad SMARTS) is 1. The third kappa shape index (κ3) is 3.60. The van der Waals surface area contributed by atoms with Crippen molar-refractivity contribution in [1.29, 1.82) is 0 Å². The molecule has 1 aromatic carbocycles. The molecule has 0 radical (unpaired) electrons. The molecule has 4 rings (SSSR count). The van der Waals surface area contributed by atoms with Gasteiger partial charge in [-0.2, -0.15) is 0 Å². The zero-order chi connectivity index (χ0) is 22.5. The number of amides is 2. The summed E-state index contributed by atoms with van der Waals surface area (Å²) in [4.78, 5) is 43.0. The van der Waals surface area contributed by atoms with E-state index in [1.807, 2.05) is 38.1 Å². The van der Waals surface area contributed by atoms with E-state index in [2.05, 4.69) is 24.1 Å². The normalized spacial score (nSPS) is 27.9. The van der Waals surface area contributed by atoms with Crippen LogP contribution >= 0.6 is 0 Å². The van der Waals surface area contributed by atoms with E-state index < -0.39 is 18.1 Å². The lowest BCUT2D eigenvalue weighted by molar-refractivity contribution is -0.151. The molecule has 166 valence electrons. The summed E-state index contributed by atoms with van der Waals surface area (Å²) in [5.74, 6) is -1.24. The predicted octanol–water partition coefficient (Wildman–Crippen LogP) is 3.27. The Bertz CT molecular complexity index is 996. The highest BCUT2D eigenvalue weighted by molar-refractivity contribution is 6.00. The number of H-pyrrole nitrogens is 1. The summed E-state index contributed by atoms with van der Waals surface area (Å²) in [7, 11) is 0. The van der Waals surface area contributed by atoms with Crippen molar-refractivity contribution in [3.63, 3.8) is 0 Å². The number of carbonyl (C=O) groups excluding carboxylic acids is 2. The Morgan fingerprint density at radius 2 is 2.00 bits per heavy atom. The fourth-order valence-electron chi connectivity index (χ4n) is 5.46. The molecule has 7 heteroatoms. The lowest BCUT2D eigenvalue weighted by Crippen LogP contribution is -2.54. The van der Waals surface area contributed by atoms with Gasteiger partial charge >= 0.3 is 5.97 Å². The van der Waals surface area contributed by atoms with Crippen LogP contribution in [0.1, 0.15) is 51.0 Å². The quantitative estimate of drug-likeness (QED) is 0.633. The molecule has 1 aliphatic heterocycles. The molecular formula is C24H31N3O4. The van der Waals surface area contributed by atoms with Gasteiger partial charge in [0.05, 0.1) is 0 Å². The smallest absolute Gasteiger partial charge is 0.326 e. The highest BCUT2D eigenvalue weighted by Crippen LogP contribution is 2.66. The maximum Gasteiger partial charge on any atom is 0.326 e. The van der Waals surface area contributed by atoms with E-state index in [-0.39, 0.29) is 35.0 Å². The molecule has 2 heterocycles. The number of hydrogen-bond donors (Lipinski definition) is 3. The number of carboxylic acids is 1. The summed E-state index contributed by atoms with van der Waals surface area (Å²) in [6, 6.07) is 7.78. The number of fused-ring (bicyclic) bond motifs is 2. The van der Waals surface area contributed by atoms with E-state index in [9.17, 15) is 19.5 Å². The first-order valence-corrected chi connectivity index (χ1v) is 11.1. The monoisotopic (exact) mass is 425 g/mol. The Hall–Kier alpha value is -2.83. The van der Waals surface area contributed by atoms with Gasteiger partial charge < -0.3 is 20.3 Å². The summed E-state index contributed by atoms with van der Waals surface area (Å²) in [5, 5.41) is 13.7. The third-order valence-corrected chi connectivity index (χ3v) is 7.39. The van der Waals surface area contributed by atoms with Gasteiger partial charge in [0.1, 0.15) is 17.8 Å². The minimum absolute atomic E-state index is 0.0111. The van der Waals surface area contributed by atoms with Gasteiger partial charge in [-0.05, 0) is 35.8 Å². The number of nitrogens with one attached hydrogen (secondary N) is 2. The van der Waals surface area contributed by atoms with E-state index in [1.54, 1.807) is 6.07 Å². The van der Waals surface area contributed by atoms with Crippen molar-refractivity contribution >= 4 is 28.7 Å². The number of piperidine rings is 1. The van der Waals surface area contributed by atoms with Crippen LogP contribution < -0.4 is 5.32 Å². The van der Waals surface area contributed by atoms with Crippen molar-refractivity contribution < 1.29 is 19.5 Å². The zero-order valence-electron chi connectivity index (χ0n) is 18.5. The highest BCUT2D eigenvalue weighted by Gasteiger charge is 2.71. The van der Waals surface area contributed by atoms with Crippen molar-refractivity contribution in [1.82, 2.24) is 15.2 Å². The molecule has 7 nitrogen and oxygen atoms in total. The number of aliphatic carboxylic acids is 1. The molecule has 2 fully saturated rings. The Balaban J connectivity index is 1.54. The number of hydrogen-bond acceptors (Lipinski definition) is 3. The van der Waals surface area contributed by atoms with Crippen LogP contribution in [0.2, 0.25) is 0 Å². The molecule has 1 aromatic heterocycles. The Morgan fingerprint density at radius 3 is 2.61 bits per heavy atom. The van der Waals surface area contributed by atoms with Gasteiger partial charge in [-0.15, -0.1) is 0 Å². The number of aromatic amines is 1. The fraction of sp³-hybridized carbons (Fsp3) is 0.542. The number of rotatable bonds is 7. The Morgan fingerprint density at radius 1 is 1.29 bits per heavy atom. The first kappa shape index (κ1) is 21.4. The van der Waals surface area contributed by atoms with Crippen LogP contribution in [0.15, 0.2) is 30.3 Å². The molecule has 3 N–H and O–H groups in total. The van der Waals surface area contributed by atoms with E-state index in [1.165, 1.54) is 4.90 Å². The minimum Gasteiger partial charge on any atom is -0.480 e. The maximum absolute atomic E-state index is 13.4. The molecule has 0 spiro atoms. The summed E-state index contributed by atoms with van der Waals surface area (Å²) < 4.78 is 0. The minimum atomic E-state index is -0.955.